The third-order valence-corrected chi connectivity index (χ3v) is 4.31. The zero-order chi connectivity index (χ0) is 14.4. The van der Waals surface area contributed by atoms with Gasteiger partial charge in [0.15, 0.2) is 0 Å². The molecule has 1 aromatic heterocycles. The number of benzene rings is 2. The molecule has 3 aromatic rings. The van der Waals surface area contributed by atoms with Gasteiger partial charge in [0.25, 0.3) is 0 Å². The van der Waals surface area contributed by atoms with E-state index in [1.165, 1.54) is 18.4 Å². The maximum atomic E-state index is 10.7. The fourth-order valence-corrected chi connectivity index (χ4v) is 3.03. The Balaban J connectivity index is 1.77. The van der Waals surface area contributed by atoms with Crippen molar-refractivity contribution in [2.24, 2.45) is 0 Å². The Morgan fingerprint density at radius 3 is 2.71 bits per heavy atom. The number of hydrogen-bond donors (Lipinski definition) is 1. The molecule has 1 aliphatic rings. The molecule has 3 heteroatoms. The number of furan rings is 1. The zero-order valence-corrected chi connectivity index (χ0v) is 12.2. The summed E-state index contributed by atoms with van der Waals surface area (Å²) >= 11 is 6.00. The van der Waals surface area contributed by atoms with Crippen LogP contribution in [0.15, 0.2) is 52.9 Å². The van der Waals surface area contributed by atoms with Crippen LogP contribution in [-0.2, 0) is 0 Å². The second-order valence-electron chi connectivity index (χ2n) is 5.64. The Labute approximate surface area is 128 Å². The number of rotatable bonds is 3. The van der Waals surface area contributed by atoms with E-state index in [1.807, 2.05) is 36.4 Å². The summed E-state index contributed by atoms with van der Waals surface area (Å²) in [5.41, 5.74) is 2.94. The molecule has 0 amide bonds. The first-order valence-electron chi connectivity index (χ1n) is 7.18. The van der Waals surface area contributed by atoms with Gasteiger partial charge in [-0.1, -0.05) is 35.9 Å². The summed E-state index contributed by atoms with van der Waals surface area (Å²) in [6, 6.07) is 15.4. The van der Waals surface area contributed by atoms with E-state index in [-0.39, 0.29) is 0 Å². The SMILES string of the molecule is OC(c1cc2cc(Cl)ccc2o1)c1ccccc1C1CC1. The average Bonchev–Trinajstić information content (AvgIpc) is 3.26. The highest BCUT2D eigenvalue weighted by molar-refractivity contribution is 6.31. The van der Waals surface area contributed by atoms with Gasteiger partial charge >= 0.3 is 0 Å². The van der Waals surface area contributed by atoms with E-state index < -0.39 is 6.10 Å². The standard InChI is InChI=1S/C18H15ClO2/c19-13-7-8-16-12(9-13)10-17(21-16)18(20)15-4-2-1-3-14(15)11-5-6-11/h1-4,7-11,18,20H,5-6H2. The van der Waals surface area contributed by atoms with Crippen LogP contribution >= 0.6 is 11.6 Å². The van der Waals surface area contributed by atoms with E-state index >= 15 is 0 Å². The van der Waals surface area contributed by atoms with Gasteiger partial charge in [-0.25, -0.2) is 0 Å². The molecule has 1 heterocycles. The Bertz CT molecular complexity index is 802. The van der Waals surface area contributed by atoms with Crippen molar-refractivity contribution in [2.45, 2.75) is 24.9 Å². The van der Waals surface area contributed by atoms with Crippen LogP contribution < -0.4 is 0 Å². The predicted octanol–water partition coefficient (Wildman–Crippen LogP) is 5.05. The van der Waals surface area contributed by atoms with Crippen LogP contribution in [0.5, 0.6) is 0 Å². The molecule has 21 heavy (non-hydrogen) atoms. The molecule has 1 saturated carbocycles. The molecule has 1 unspecified atom stereocenters. The van der Waals surface area contributed by atoms with Crippen molar-refractivity contribution in [2.75, 3.05) is 0 Å². The van der Waals surface area contributed by atoms with Crippen LogP contribution in [0.4, 0.5) is 0 Å². The first-order chi connectivity index (χ1) is 10.2. The van der Waals surface area contributed by atoms with Crippen LogP contribution in [-0.4, -0.2) is 5.11 Å². The highest BCUT2D eigenvalue weighted by Gasteiger charge is 2.29. The zero-order valence-electron chi connectivity index (χ0n) is 11.4. The number of fused-ring (bicyclic) bond motifs is 1. The maximum Gasteiger partial charge on any atom is 0.138 e. The minimum atomic E-state index is -0.729. The van der Waals surface area contributed by atoms with Gasteiger partial charge in [-0.15, -0.1) is 0 Å². The lowest BCUT2D eigenvalue weighted by Crippen LogP contribution is -2.01. The number of hydrogen-bond acceptors (Lipinski definition) is 2. The number of halogens is 1. The molecule has 0 radical (unpaired) electrons. The van der Waals surface area contributed by atoms with Gasteiger partial charge in [0.1, 0.15) is 17.4 Å². The fourth-order valence-electron chi connectivity index (χ4n) is 2.85. The molecule has 2 aromatic carbocycles. The largest absolute Gasteiger partial charge is 0.458 e. The molecular weight excluding hydrogens is 284 g/mol. The van der Waals surface area contributed by atoms with Gasteiger partial charge in [0.2, 0.25) is 0 Å². The molecule has 0 bridgehead atoms. The highest BCUT2D eigenvalue weighted by Crippen LogP contribution is 2.44. The van der Waals surface area contributed by atoms with E-state index in [1.54, 1.807) is 6.07 Å². The second-order valence-corrected chi connectivity index (χ2v) is 6.07. The van der Waals surface area contributed by atoms with Crippen molar-refractivity contribution in [3.05, 3.63) is 70.4 Å². The summed E-state index contributed by atoms with van der Waals surface area (Å²) in [5.74, 6) is 1.16. The maximum absolute atomic E-state index is 10.7. The molecule has 0 saturated heterocycles. The Morgan fingerprint density at radius 2 is 1.90 bits per heavy atom. The number of aliphatic hydroxyl groups is 1. The lowest BCUT2D eigenvalue weighted by Gasteiger charge is -2.13. The smallest absolute Gasteiger partial charge is 0.138 e. The van der Waals surface area contributed by atoms with Gasteiger partial charge in [-0.2, -0.15) is 0 Å². The molecule has 1 aliphatic carbocycles. The molecule has 0 aliphatic heterocycles. The van der Waals surface area contributed by atoms with E-state index in [9.17, 15) is 5.11 Å². The quantitative estimate of drug-likeness (QED) is 0.734. The summed E-state index contributed by atoms with van der Waals surface area (Å²) in [7, 11) is 0. The van der Waals surface area contributed by atoms with Gasteiger partial charge in [0.05, 0.1) is 0 Å². The van der Waals surface area contributed by atoms with E-state index in [2.05, 4.69) is 6.07 Å². The van der Waals surface area contributed by atoms with Crippen molar-refractivity contribution in [1.82, 2.24) is 0 Å². The van der Waals surface area contributed by atoms with Gasteiger partial charge < -0.3 is 9.52 Å². The summed E-state index contributed by atoms with van der Waals surface area (Å²) in [6.45, 7) is 0. The lowest BCUT2D eigenvalue weighted by molar-refractivity contribution is 0.191. The monoisotopic (exact) mass is 298 g/mol. The molecule has 1 fully saturated rings. The van der Waals surface area contributed by atoms with E-state index in [0.717, 1.165) is 16.5 Å². The van der Waals surface area contributed by atoms with Crippen molar-refractivity contribution in [3.63, 3.8) is 0 Å². The predicted molar refractivity (Wildman–Crippen MR) is 83.7 cm³/mol. The van der Waals surface area contributed by atoms with Crippen molar-refractivity contribution < 1.29 is 9.52 Å². The van der Waals surface area contributed by atoms with Crippen molar-refractivity contribution in [3.8, 4) is 0 Å². The van der Waals surface area contributed by atoms with Gasteiger partial charge in [-0.3, -0.25) is 0 Å². The van der Waals surface area contributed by atoms with Crippen LogP contribution in [0.2, 0.25) is 5.02 Å². The van der Waals surface area contributed by atoms with Crippen molar-refractivity contribution >= 4 is 22.6 Å². The van der Waals surface area contributed by atoms with E-state index in [0.29, 0.717) is 16.7 Å². The van der Waals surface area contributed by atoms with Gasteiger partial charge in [-0.05, 0) is 54.2 Å². The second kappa shape index (κ2) is 4.90. The van der Waals surface area contributed by atoms with Crippen LogP contribution in [0.1, 0.15) is 41.8 Å². The number of aliphatic hydroxyl groups excluding tert-OH is 1. The molecular formula is C18H15ClO2. The highest BCUT2D eigenvalue weighted by atomic mass is 35.5. The van der Waals surface area contributed by atoms with Crippen LogP contribution in [0.3, 0.4) is 0 Å². The molecule has 4 rings (SSSR count). The molecule has 1 N–H and O–H groups in total. The first-order valence-corrected chi connectivity index (χ1v) is 7.56. The van der Waals surface area contributed by atoms with Gasteiger partial charge in [0, 0.05) is 10.4 Å². The molecule has 106 valence electrons. The first kappa shape index (κ1) is 12.9. The normalized spacial score (nSPS) is 16.3. The topological polar surface area (TPSA) is 33.4 Å². The third kappa shape index (κ3) is 2.35. The Morgan fingerprint density at radius 1 is 1.10 bits per heavy atom. The molecule has 0 spiro atoms. The summed E-state index contributed by atoms with van der Waals surface area (Å²) < 4.78 is 5.79. The van der Waals surface area contributed by atoms with Crippen LogP contribution in [0.25, 0.3) is 11.0 Å². The minimum Gasteiger partial charge on any atom is -0.458 e. The Kier molecular flexibility index (Phi) is 3.02. The van der Waals surface area contributed by atoms with E-state index in [4.69, 9.17) is 16.0 Å². The minimum absolute atomic E-state index is 0.570. The summed E-state index contributed by atoms with van der Waals surface area (Å²) in [5, 5.41) is 12.3. The fraction of sp³-hybridized carbons (Fsp3) is 0.222. The summed E-state index contributed by atoms with van der Waals surface area (Å²) in [4.78, 5) is 0. The molecule has 1 atom stereocenters. The average molecular weight is 299 g/mol. The lowest BCUT2D eigenvalue weighted by atomic mass is 9.97. The summed E-state index contributed by atoms with van der Waals surface area (Å²) in [6.07, 6.45) is 1.69. The Hall–Kier alpha value is -1.77. The van der Waals surface area contributed by atoms with Crippen molar-refractivity contribution in [1.29, 1.82) is 0 Å². The molecule has 2 nitrogen and oxygen atoms in total. The third-order valence-electron chi connectivity index (χ3n) is 4.07. The van der Waals surface area contributed by atoms with Crippen LogP contribution in [0, 0.1) is 0 Å².